The fourth-order valence-electron chi connectivity index (χ4n) is 2.75. The largest absolute Gasteiger partial charge is 0.352 e. The first kappa shape index (κ1) is 15.5. The number of nitriles is 1. The standard InChI is InChI=1S/C17H18N4OS/c18-12-15-2-1-6-19-17(15)21-9-7-20(8-10-21)16(22)4-3-14-5-11-23-13-14/h1-2,5-6,11,13H,3-4,7-10H2. The maximum atomic E-state index is 12.3. The average molecular weight is 326 g/mol. The Morgan fingerprint density at radius 3 is 2.83 bits per heavy atom. The fraction of sp³-hybridized carbons (Fsp3) is 0.353. The number of piperazine rings is 1. The Bertz CT molecular complexity index is 700. The van der Waals surface area contributed by atoms with E-state index in [2.05, 4.69) is 27.4 Å². The second kappa shape index (κ2) is 7.25. The van der Waals surface area contributed by atoms with E-state index in [9.17, 15) is 4.79 Å². The number of thiophene rings is 1. The summed E-state index contributed by atoms with van der Waals surface area (Å²) in [5, 5.41) is 13.3. The summed E-state index contributed by atoms with van der Waals surface area (Å²) in [4.78, 5) is 20.6. The summed E-state index contributed by atoms with van der Waals surface area (Å²) in [6, 6.07) is 7.80. The minimum atomic E-state index is 0.206. The minimum Gasteiger partial charge on any atom is -0.352 e. The van der Waals surface area contributed by atoms with Crippen molar-refractivity contribution in [1.82, 2.24) is 9.88 Å². The van der Waals surface area contributed by atoms with Crippen molar-refractivity contribution in [2.75, 3.05) is 31.1 Å². The van der Waals surface area contributed by atoms with Crippen molar-refractivity contribution < 1.29 is 4.79 Å². The number of rotatable bonds is 4. The molecule has 1 amide bonds. The Morgan fingerprint density at radius 1 is 1.30 bits per heavy atom. The van der Waals surface area contributed by atoms with Gasteiger partial charge in [-0.2, -0.15) is 16.6 Å². The van der Waals surface area contributed by atoms with Crippen LogP contribution in [0.5, 0.6) is 0 Å². The molecule has 0 aliphatic carbocycles. The van der Waals surface area contributed by atoms with E-state index in [1.807, 2.05) is 10.3 Å². The van der Waals surface area contributed by atoms with Gasteiger partial charge in [0.05, 0.1) is 5.56 Å². The predicted octanol–water partition coefficient (Wildman–Crippen LogP) is 2.30. The number of amides is 1. The topological polar surface area (TPSA) is 60.2 Å². The highest BCUT2D eigenvalue weighted by molar-refractivity contribution is 7.07. The first-order valence-electron chi connectivity index (χ1n) is 7.67. The van der Waals surface area contributed by atoms with Gasteiger partial charge in [0, 0.05) is 38.8 Å². The normalized spacial score (nSPS) is 14.6. The number of anilines is 1. The van der Waals surface area contributed by atoms with E-state index in [0.29, 0.717) is 25.1 Å². The summed E-state index contributed by atoms with van der Waals surface area (Å²) in [6.07, 6.45) is 3.07. The first-order chi connectivity index (χ1) is 11.3. The van der Waals surface area contributed by atoms with Crippen LogP contribution in [0.3, 0.4) is 0 Å². The molecule has 2 aromatic heterocycles. The van der Waals surface area contributed by atoms with Gasteiger partial charge in [0.15, 0.2) is 0 Å². The molecule has 0 unspecified atom stereocenters. The third-order valence-electron chi connectivity index (χ3n) is 4.05. The van der Waals surface area contributed by atoms with Crippen LogP contribution in [-0.2, 0) is 11.2 Å². The van der Waals surface area contributed by atoms with Crippen LogP contribution in [0, 0.1) is 11.3 Å². The van der Waals surface area contributed by atoms with Crippen LogP contribution in [0.15, 0.2) is 35.2 Å². The molecule has 6 heteroatoms. The summed E-state index contributed by atoms with van der Waals surface area (Å²) < 4.78 is 0. The van der Waals surface area contributed by atoms with Gasteiger partial charge in [-0.15, -0.1) is 0 Å². The first-order valence-corrected chi connectivity index (χ1v) is 8.61. The molecule has 1 fully saturated rings. The molecule has 3 rings (SSSR count). The zero-order valence-corrected chi connectivity index (χ0v) is 13.6. The third-order valence-corrected chi connectivity index (χ3v) is 4.78. The van der Waals surface area contributed by atoms with Gasteiger partial charge in [-0.1, -0.05) is 0 Å². The number of hydrogen-bond donors (Lipinski definition) is 0. The molecule has 0 radical (unpaired) electrons. The van der Waals surface area contributed by atoms with Crippen molar-refractivity contribution in [3.8, 4) is 6.07 Å². The molecule has 1 aliphatic rings. The van der Waals surface area contributed by atoms with Gasteiger partial charge in [-0.25, -0.2) is 4.98 Å². The maximum absolute atomic E-state index is 12.3. The smallest absolute Gasteiger partial charge is 0.223 e. The molecule has 0 saturated carbocycles. The second-order valence-corrected chi connectivity index (χ2v) is 6.27. The van der Waals surface area contributed by atoms with Crippen molar-refractivity contribution in [2.24, 2.45) is 0 Å². The molecule has 0 atom stereocenters. The number of carbonyl (C=O) groups is 1. The lowest BCUT2D eigenvalue weighted by Crippen LogP contribution is -2.49. The Hall–Kier alpha value is -2.39. The zero-order valence-electron chi connectivity index (χ0n) is 12.8. The molecule has 2 aromatic rings. The van der Waals surface area contributed by atoms with Crippen LogP contribution in [-0.4, -0.2) is 42.0 Å². The predicted molar refractivity (Wildman–Crippen MR) is 90.4 cm³/mol. The van der Waals surface area contributed by atoms with Crippen LogP contribution < -0.4 is 4.90 Å². The quantitative estimate of drug-likeness (QED) is 0.865. The highest BCUT2D eigenvalue weighted by Crippen LogP contribution is 2.18. The summed E-state index contributed by atoms with van der Waals surface area (Å²) in [7, 11) is 0. The number of carbonyl (C=O) groups excluding carboxylic acids is 1. The Morgan fingerprint density at radius 2 is 2.13 bits per heavy atom. The molecule has 3 heterocycles. The molecule has 0 aromatic carbocycles. The van der Waals surface area contributed by atoms with Gasteiger partial charge in [-0.05, 0) is 40.9 Å². The summed E-state index contributed by atoms with van der Waals surface area (Å²) in [6.45, 7) is 2.81. The lowest BCUT2D eigenvalue weighted by Gasteiger charge is -2.35. The Balaban J connectivity index is 1.54. The van der Waals surface area contributed by atoms with Crippen molar-refractivity contribution in [3.63, 3.8) is 0 Å². The zero-order chi connectivity index (χ0) is 16.1. The highest BCUT2D eigenvalue weighted by Gasteiger charge is 2.23. The molecular weight excluding hydrogens is 308 g/mol. The van der Waals surface area contributed by atoms with Crippen molar-refractivity contribution in [3.05, 3.63) is 46.3 Å². The second-order valence-electron chi connectivity index (χ2n) is 5.49. The summed E-state index contributed by atoms with van der Waals surface area (Å²) >= 11 is 1.66. The van der Waals surface area contributed by atoms with E-state index in [1.54, 1.807) is 29.7 Å². The molecular formula is C17H18N4OS. The van der Waals surface area contributed by atoms with Crippen LogP contribution in [0.4, 0.5) is 5.82 Å². The molecule has 5 nitrogen and oxygen atoms in total. The lowest BCUT2D eigenvalue weighted by atomic mass is 10.1. The molecule has 1 aliphatic heterocycles. The van der Waals surface area contributed by atoms with Gasteiger partial charge >= 0.3 is 0 Å². The number of aryl methyl sites for hydroxylation is 1. The lowest BCUT2D eigenvalue weighted by molar-refractivity contribution is -0.131. The van der Waals surface area contributed by atoms with Gasteiger partial charge in [0.2, 0.25) is 5.91 Å². The number of hydrogen-bond acceptors (Lipinski definition) is 5. The average Bonchev–Trinajstić information content (AvgIpc) is 3.13. The van der Waals surface area contributed by atoms with E-state index < -0.39 is 0 Å². The molecule has 0 bridgehead atoms. The van der Waals surface area contributed by atoms with Gasteiger partial charge < -0.3 is 9.80 Å². The molecule has 23 heavy (non-hydrogen) atoms. The molecule has 0 N–H and O–H groups in total. The maximum Gasteiger partial charge on any atom is 0.223 e. The van der Waals surface area contributed by atoms with E-state index in [4.69, 9.17) is 5.26 Å². The number of pyridine rings is 1. The van der Waals surface area contributed by atoms with E-state index >= 15 is 0 Å². The third kappa shape index (κ3) is 3.69. The van der Waals surface area contributed by atoms with E-state index in [-0.39, 0.29) is 5.91 Å². The SMILES string of the molecule is N#Cc1cccnc1N1CCN(C(=O)CCc2ccsc2)CC1. The number of aromatic nitrogens is 1. The minimum absolute atomic E-state index is 0.206. The number of nitrogens with zero attached hydrogens (tertiary/aromatic N) is 4. The molecule has 0 spiro atoms. The molecule has 118 valence electrons. The van der Waals surface area contributed by atoms with Crippen LogP contribution >= 0.6 is 11.3 Å². The Kier molecular flexibility index (Phi) is 4.89. The van der Waals surface area contributed by atoms with Gasteiger partial charge in [-0.3, -0.25) is 4.79 Å². The van der Waals surface area contributed by atoms with E-state index in [0.717, 1.165) is 25.3 Å². The van der Waals surface area contributed by atoms with E-state index in [1.165, 1.54) is 5.56 Å². The molecule has 1 saturated heterocycles. The summed E-state index contributed by atoms with van der Waals surface area (Å²) in [5.74, 6) is 0.928. The van der Waals surface area contributed by atoms with Gasteiger partial charge in [0.1, 0.15) is 11.9 Å². The van der Waals surface area contributed by atoms with Crippen LogP contribution in [0.1, 0.15) is 17.5 Å². The fourth-order valence-corrected chi connectivity index (χ4v) is 3.45. The van der Waals surface area contributed by atoms with Crippen molar-refractivity contribution in [2.45, 2.75) is 12.8 Å². The van der Waals surface area contributed by atoms with Crippen LogP contribution in [0.25, 0.3) is 0 Å². The summed E-state index contributed by atoms with van der Waals surface area (Å²) in [5.41, 5.74) is 1.82. The van der Waals surface area contributed by atoms with Crippen LogP contribution in [0.2, 0.25) is 0 Å². The monoisotopic (exact) mass is 326 g/mol. The van der Waals surface area contributed by atoms with Crippen molar-refractivity contribution >= 4 is 23.1 Å². The van der Waals surface area contributed by atoms with Crippen molar-refractivity contribution in [1.29, 1.82) is 5.26 Å². The highest BCUT2D eigenvalue weighted by atomic mass is 32.1. The van der Waals surface area contributed by atoms with Gasteiger partial charge in [0.25, 0.3) is 0 Å². The Labute approximate surface area is 139 Å².